The second kappa shape index (κ2) is 7.79. The Morgan fingerprint density at radius 2 is 1.85 bits per heavy atom. The van der Waals surface area contributed by atoms with E-state index in [1.807, 2.05) is 18.4 Å². The van der Waals surface area contributed by atoms with Crippen molar-refractivity contribution in [2.24, 2.45) is 0 Å². The minimum atomic E-state index is -0.493. The first-order valence-corrected chi connectivity index (χ1v) is 8.67. The number of benzene rings is 2. The molecule has 0 unspecified atom stereocenters. The molecule has 132 valence electrons. The number of nitrogens with zero attached hydrogens (tertiary/aromatic N) is 3. The van der Waals surface area contributed by atoms with Crippen LogP contribution in [0.5, 0.6) is 0 Å². The van der Waals surface area contributed by atoms with Crippen LogP contribution < -0.4 is 0 Å². The quantitative estimate of drug-likeness (QED) is 0.279. The van der Waals surface area contributed by atoms with Crippen LogP contribution in [0.2, 0.25) is 0 Å². The van der Waals surface area contributed by atoms with Crippen molar-refractivity contribution in [1.82, 2.24) is 10.2 Å². The van der Waals surface area contributed by atoms with Gasteiger partial charge in [0.2, 0.25) is 5.89 Å². The maximum atomic E-state index is 12.0. The summed E-state index contributed by atoms with van der Waals surface area (Å²) < 4.78 is 10.6. The molecule has 8 nitrogen and oxygen atoms in total. The normalized spacial score (nSPS) is 10.5. The molecule has 1 heterocycles. The van der Waals surface area contributed by atoms with Crippen molar-refractivity contribution in [2.75, 3.05) is 6.26 Å². The predicted molar refractivity (Wildman–Crippen MR) is 93.7 cm³/mol. The van der Waals surface area contributed by atoms with Gasteiger partial charge in [-0.15, -0.1) is 22.0 Å². The van der Waals surface area contributed by atoms with Crippen LogP contribution in [0, 0.1) is 10.1 Å². The number of non-ortho nitro benzene ring substituents is 1. The summed E-state index contributed by atoms with van der Waals surface area (Å²) in [5.41, 5.74) is 0.932. The van der Waals surface area contributed by atoms with Crippen LogP contribution in [0.3, 0.4) is 0 Å². The Hall–Kier alpha value is -3.20. The lowest BCUT2D eigenvalue weighted by atomic mass is 10.2. The smallest absolute Gasteiger partial charge is 0.338 e. The zero-order valence-corrected chi connectivity index (χ0v) is 14.4. The standard InChI is InChI=1S/C17H13N3O5S/c1-26-14-8-4-12(5-9-14)17(21)24-10-15-18-19-16(25-15)11-2-6-13(7-3-11)20(22)23/h2-9H,10H2,1H3. The maximum Gasteiger partial charge on any atom is 0.338 e. The number of rotatable bonds is 6. The molecule has 1 aromatic heterocycles. The number of hydrogen-bond acceptors (Lipinski definition) is 8. The average Bonchev–Trinajstić information content (AvgIpc) is 3.15. The van der Waals surface area contributed by atoms with Gasteiger partial charge in [-0.3, -0.25) is 10.1 Å². The van der Waals surface area contributed by atoms with Crippen molar-refractivity contribution in [3.63, 3.8) is 0 Å². The highest BCUT2D eigenvalue weighted by atomic mass is 32.2. The van der Waals surface area contributed by atoms with E-state index < -0.39 is 10.9 Å². The van der Waals surface area contributed by atoms with Crippen molar-refractivity contribution in [1.29, 1.82) is 0 Å². The second-order valence-electron chi connectivity index (χ2n) is 5.11. The lowest BCUT2D eigenvalue weighted by molar-refractivity contribution is -0.384. The summed E-state index contributed by atoms with van der Waals surface area (Å²) in [6.45, 7) is -0.164. The van der Waals surface area contributed by atoms with Crippen LogP contribution >= 0.6 is 11.8 Å². The first-order valence-electron chi connectivity index (χ1n) is 7.45. The lowest BCUT2D eigenvalue weighted by Gasteiger charge is -2.02. The van der Waals surface area contributed by atoms with Crippen LogP contribution in [0.25, 0.3) is 11.5 Å². The summed E-state index contributed by atoms with van der Waals surface area (Å²) in [6, 6.07) is 12.7. The average molecular weight is 371 g/mol. The highest BCUT2D eigenvalue weighted by molar-refractivity contribution is 7.98. The van der Waals surface area contributed by atoms with Gasteiger partial charge in [-0.05, 0) is 42.7 Å². The molecule has 0 saturated heterocycles. The Labute approximate surface area is 152 Å². The number of ether oxygens (including phenoxy) is 1. The van der Waals surface area contributed by atoms with Crippen molar-refractivity contribution >= 4 is 23.4 Å². The Morgan fingerprint density at radius 3 is 2.46 bits per heavy atom. The molecule has 0 atom stereocenters. The van der Waals surface area contributed by atoms with E-state index in [4.69, 9.17) is 9.15 Å². The number of esters is 1. The number of carbonyl (C=O) groups excluding carboxylic acids is 1. The SMILES string of the molecule is CSc1ccc(C(=O)OCc2nnc(-c3ccc([N+](=O)[O-])cc3)o2)cc1. The van der Waals surface area contributed by atoms with Crippen molar-refractivity contribution in [3.8, 4) is 11.5 Å². The molecule has 3 rings (SSSR count). The number of nitro benzene ring substituents is 1. The highest BCUT2D eigenvalue weighted by Gasteiger charge is 2.13. The van der Waals surface area contributed by atoms with E-state index >= 15 is 0 Å². The third-order valence-corrected chi connectivity index (χ3v) is 4.19. The number of hydrogen-bond donors (Lipinski definition) is 0. The van der Waals surface area contributed by atoms with E-state index in [-0.39, 0.29) is 24.1 Å². The molecule has 0 aliphatic carbocycles. The molecule has 0 N–H and O–H groups in total. The van der Waals surface area contributed by atoms with Crippen LogP contribution in [0.15, 0.2) is 57.8 Å². The first-order chi connectivity index (χ1) is 12.6. The zero-order chi connectivity index (χ0) is 18.5. The van der Waals surface area contributed by atoms with Gasteiger partial charge in [0.25, 0.3) is 11.6 Å². The van der Waals surface area contributed by atoms with Gasteiger partial charge in [-0.25, -0.2) is 4.79 Å². The molecule has 0 saturated carbocycles. The van der Waals surface area contributed by atoms with Gasteiger partial charge >= 0.3 is 5.97 Å². The fourth-order valence-electron chi connectivity index (χ4n) is 2.09. The highest BCUT2D eigenvalue weighted by Crippen LogP contribution is 2.21. The molecular weight excluding hydrogens is 358 g/mol. The fourth-order valence-corrected chi connectivity index (χ4v) is 2.50. The van der Waals surface area contributed by atoms with E-state index in [0.29, 0.717) is 11.1 Å². The topological polar surface area (TPSA) is 108 Å². The molecule has 0 spiro atoms. The van der Waals surface area contributed by atoms with Crippen molar-refractivity contribution in [2.45, 2.75) is 11.5 Å². The summed E-state index contributed by atoms with van der Waals surface area (Å²) in [6.07, 6.45) is 1.95. The lowest BCUT2D eigenvalue weighted by Crippen LogP contribution is -2.05. The second-order valence-corrected chi connectivity index (χ2v) is 5.99. The maximum absolute atomic E-state index is 12.0. The fraction of sp³-hybridized carbons (Fsp3) is 0.118. The third-order valence-electron chi connectivity index (χ3n) is 3.44. The van der Waals surface area contributed by atoms with Gasteiger partial charge in [-0.1, -0.05) is 0 Å². The molecule has 0 amide bonds. The van der Waals surface area contributed by atoms with Gasteiger partial charge in [0.05, 0.1) is 10.5 Å². The summed E-state index contributed by atoms with van der Waals surface area (Å²) in [5, 5.41) is 18.3. The summed E-state index contributed by atoms with van der Waals surface area (Å²) >= 11 is 1.58. The molecule has 9 heteroatoms. The minimum absolute atomic E-state index is 0.0325. The van der Waals surface area contributed by atoms with Gasteiger partial charge in [-0.2, -0.15) is 0 Å². The van der Waals surface area contributed by atoms with Gasteiger partial charge in [0, 0.05) is 22.6 Å². The van der Waals surface area contributed by atoms with E-state index in [2.05, 4.69) is 10.2 Å². The van der Waals surface area contributed by atoms with Gasteiger partial charge < -0.3 is 9.15 Å². The van der Waals surface area contributed by atoms with Crippen LogP contribution in [-0.2, 0) is 11.3 Å². The number of nitro groups is 1. The molecule has 0 aliphatic heterocycles. The molecular formula is C17H13N3O5S. The van der Waals surface area contributed by atoms with Gasteiger partial charge in [0.15, 0.2) is 6.61 Å². The molecule has 26 heavy (non-hydrogen) atoms. The van der Waals surface area contributed by atoms with Crippen molar-refractivity contribution < 1.29 is 18.9 Å². The summed E-state index contributed by atoms with van der Waals surface area (Å²) in [4.78, 5) is 23.2. The van der Waals surface area contributed by atoms with Gasteiger partial charge in [0.1, 0.15) is 0 Å². The largest absolute Gasteiger partial charge is 0.452 e. The van der Waals surface area contributed by atoms with Crippen LogP contribution in [0.4, 0.5) is 5.69 Å². The summed E-state index contributed by atoms with van der Waals surface area (Å²) in [7, 11) is 0. The molecule has 3 aromatic rings. The van der Waals surface area contributed by atoms with Crippen LogP contribution in [0.1, 0.15) is 16.2 Å². The number of aromatic nitrogens is 2. The molecule has 0 fully saturated rings. The molecule has 0 aliphatic rings. The number of thioether (sulfide) groups is 1. The van der Waals surface area contributed by atoms with E-state index in [0.717, 1.165) is 4.90 Å². The number of carbonyl (C=O) groups is 1. The third kappa shape index (κ3) is 4.06. The Balaban J connectivity index is 1.62. The summed E-state index contributed by atoms with van der Waals surface area (Å²) in [5.74, 6) is -0.171. The Bertz CT molecular complexity index is 922. The van der Waals surface area contributed by atoms with E-state index in [1.54, 1.807) is 23.9 Å². The molecule has 2 aromatic carbocycles. The van der Waals surface area contributed by atoms with Crippen molar-refractivity contribution in [3.05, 3.63) is 70.1 Å². The minimum Gasteiger partial charge on any atom is -0.452 e. The zero-order valence-electron chi connectivity index (χ0n) is 13.6. The Morgan fingerprint density at radius 1 is 1.15 bits per heavy atom. The van der Waals surface area contributed by atoms with E-state index in [1.165, 1.54) is 24.3 Å². The van der Waals surface area contributed by atoms with Crippen LogP contribution in [-0.4, -0.2) is 27.3 Å². The first kappa shape index (κ1) is 17.6. The predicted octanol–water partition coefficient (Wildman–Crippen LogP) is 3.72. The monoisotopic (exact) mass is 371 g/mol. The van der Waals surface area contributed by atoms with E-state index in [9.17, 15) is 14.9 Å². The Kier molecular flexibility index (Phi) is 5.28. The molecule has 0 bridgehead atoms. The molecule has 0 radical (unpaired) electrons.